The Morgan fingerprint density at radius 3 is 2.60 bits per heavy atom. The molecule has 0 aliphatic carbocycles. The standard InChI is InChI=1S/C30H28ClN9O4S/c1-5-39(6-2)19-8-10-22(24(12-19)44-4)36-26(29(42)37-23-11-18(35-17(3)41)7-9-21(23)31)28-38-27-20(13-32-15-33-27)30(43)40(28)25-14-45-16-34-25/h7-16H,5-6H2,1-4H3,(H,35,41)(H,37,42)/b36-26-. The number of amides is 2. The molecule has 13 nitrogen and oxygen atoms in total. The molecule has 0 spiro atoms. The van der Waals surface area contributed by atoms with Gasteiger partial charge in [0.2, 0.25) is 5.91 Å². The number of thiazole rings is 1. The van der Waals surface area contributed by atoms with Crippen LogP contribution in [-0.4, -0.2) is 62.2 Å². The number of anilines is 3. The minimum absolute atomic E-state index is 0.0616. The minimum atomic E-state index is -0.754. The van der Waals surface area contributed by atoms with Crippen molar-refractivity contribution in [2.45, 2.75) is 20.8 Å². The molecule has 45 heavy (non-hydrogen) atoms. The highest BCUT2D eigenvalue weighted by atomic mass is 35.5. The topological polar surface area (TPSA) is 157 Å². The summed E-state index contributed by atoms with van der Waals surface area (Å²) in [5.41, 5.74) is 2.63. The zero-order valence-corrected chi connectivity index (χ0v) is 26.3. The monoisotopic (exact) mass is 645 g/mol. The Morgan fingerprint density at radius 2 is 1.91 bits per heavy atom. The summed E-state index contributed by atoms with van der Waals surface area (Å²) < 4.78 is 6.87. The van der Waals surface area contributed by atoms with Crippen LogP contribution >= 0.6 is 22.9 Å². The second-order valence-electron chi connectivity index (χ2n) is 9.50. The number of hydrogen-bond donors (Lipinski definition) is 2. The van der Waals surface area contributed by atoms with E-state index < -0.39 is 11.5 Å². The van der Waals surface area contributed by atoms with E-state index in [1.165, 1.54) is 54.6 Å². The van der Waals surface area contributed by atoms with E-state index >= 15 is 0 Å². The molecule has 0 radical (unpaired) electrons. The number of rotatable bonds is 10. The van der Waals surface area contributed by atoms with Gasteiger partial charge in [-0.25, -0.2) is 29.5 Å². The number of carbonyl (C=O) groups excluding carboxylic acids is 2. The third-order valence-electron chi connectivity index (χ3n) is 6.68. The number of halogens is 1. The van der Waals surface area contributed by atoms with E-state index in [0.29, 0.717) is 17.1 Å². The van der Waals surface area contributed by atoms with E-state index in [2.05, 4.69) is 35.5 Å². The molecule has 230 valence electrons. The van der Waals surface area contributed by atoms with Gasteiger partial charge >= 0.3 is 0 Å². The molecule has 2 N–H and O–H groups in total. The van der Waals surface area contributed by atoms with Crippen molar-refractivity contribution in [1.29, 1.82) is 0 Å². The lowest BCUT2D eigenvalue weighted by Crippen LogP contribution is -2.33. The summed E-state index contributed by atoms with van der Waals surface area (Å²) in [4.78, 5) is 63.6. The maximum atomic E-state index is 14.2. The van der Waals surface area contributed by atoms with Crippen molar-refractivity contribution in [3.8, 4) is 11.6 Å². The highest BCUT2D eigenvalue weighted by Crippen LogP contribution is 2.33. The maximum absolute atomic E-state index is 14.2. The largest absolute Gasteiger partial charge is 0.494 e. The Balaban J connectivity index is 1.75. The second kappa shape index (κ2) is 13.6. The van der Waals surface area contributed by atoms with Gasteiger partial charge in [-0.3, -0.25) is 14.4 Å². The highest BCUT2D eigenvalue weighted by Gasteiger charge is 2.26. The van der Waals surface area contributed by atoms with Gasteiger partial charge in [0.15, 0.2) is 23.0 Å². The van der Waals surface area contributed by atoms with E-state index in [4.69, 9.17) is 21.3 Å². The zero-order chi connectivity index (χ0) is 32.1. The van der Waals surface area contributed by atoms with Crippen molar-refractivity contribution in [2.24, 2.45) is 4.99 Å². The molecular weight excluding hydrogens is 618 g/mol. The van der Waals surface area contributed by atoms with Crippen LogP contribution in [0.3, 0.4) is 0 Å². The molecule has 0 unspecified atom stereocenters. The fourth-order valence-electron chi connectivity index (χ4n) is 4.57. The zero-order valence-electron chi connectivity index (χ0n) is 24.7. The summed E-state index contributed by atoms with van der Waals surface area (Å²) in [6.45, 7) is 7.00. The number of ether oxygens (including phenoxy) is 1. The molecule has 3 heterocycles. The molecule has 5 rings (SSSR count). The fraction of sp³-hybridized carbons (Fsp3) is 0.200. The predicted octanol–water partition coefficient (Wildman–Crippen LogP) is 4.86. The SMILES string of the molecule is CCN(CC)c1ccc(/N=C(\C(=O)Nc2cc(NC(C)=O)ccc2Cl)c2nc3ncncc3c(=O)n2-c2cscn2)c(OC)c1. The quantitative estimate of drug-likeness (QED) is 0.202. The predicted molar refractivity (Wildman–Crippen MR) is 176 cm³/mol. The molecule has 0 aliphatic heterocycles. The molecule has 0 atom stereocenters. The summed E-state index contributed by atoms with van der Waals surface area (Å²) in [7, 11) is 1.50. The Morgan fingerprint density at radius 1 is 1.11 bits per heavy atom. The van der Waals surface area contributed by atoms with E-state index in [0.717, 1.165) is 18.8 Å². The highest BCUT2D eigenvalue weighted by molar-refractivity contribution is 7.07. The van der Waals surface area contributed by atoms with Crippen molar-refractivity contribution in [3.05, 3.63) is 81.0 Å². The van der Waals surface area contributed by atoms with Crippen LogP contribution in [0.25, 0.3) is 16.9 Å². The van der Waals surface area contributed by atoms with Gasteiger partial charge in [0.1, 0.15) is 23.2 Å². The van der Waals surface area contributed by atoms with E-state index in [1.54, 1.807) is 23.0 Å². The number of fused-ring (bicyclic) bond motifs is 1. The van der Waals surface area contributed by atoms with Crippen LogP contribution in [0.2, 0.25) is 5.02 Å². The molecule has 0 aliphatic rings. The van der Waals surface area contributed by atoms with Crippen LogP contribution in [0.15, 0.2) is 69.6 Å². The summed E-state index contributed by atoms with van der Waals surface area (Å²) in [6, 6.07) is 10.0. The van der Waals surface area contributed by atoms with Crippen LogP contribution in [0.1, 0.15) is 26.6 Å². The molecular formula is C30H28ClN9O4S. The molecule has 2 amide bonds. The smallest absolute Gasteiger partial charge is 0.278 e. The first-order chi connectivity index (χ1) is 21.7. The van der Waals surface area contributed by atoms with Crippen molar-refractivity contribution in [1.82, 2.24) is 24.5 Å². The maximum Gasteiger partial charge on any atom is 0.278 e. The van der Waals surface area contributed by atoms with Crippen LogP contribution in [0, 0.1) is 0 Å². The van der Waals surface area contributed by atoms with Crippen LogP contribution in [0.4, 0.5) is 22.7 Å². The first-order valence-corrected chi connectivity index (χ1v) is 15.1. The number of benzene rings is 2. The van der Waals surface area contributed by atoms with Gasteiger partial charge < -0.3 is 20.3 Å². The number of aliphatic imine (C=N–C) groups is 1. The fourth-order valence-corrected chi connectivity index (χ4v) is 5.25. The molecule has 0 saturated heterocycles. The van der Waals surface area contributed by atoms with Gasteiger partial charge in [-0.05, 0) is 44.2 Å². The normalized spacial score (nSPS) is 11.4. The third kappa shape index (κ3) is 6.66. The molecule has 0 saturated carbocycles. The van der Waals surface area contributed by atoms with Gasteiger partial charge in [0, 0.05) is 49.0 Å². The number of carbonyl (C=O) groups is 2. The van der Waals surface area contributed by atoms with E-state index in [1.807, 2.05) is 26.0 Å². The van der Waals surface area contributed by atoms with Crippen molar-refractivity contribution < 1.29 is 14.3 Å². The Labute approximate surface area is 266 Å². The van der Waals surface area contributed by atoms with Crippen LogP contribution < -0.4 is 25.8 Å². The van der Waals surface area contributed by atoms with Crippen LogP contribution in [-0.2, 0) is 9.59 Å². The minimum Gasteiger partial charge on any atom is -0.494 e. The molecule has 0 bridgehead atoms. The van der Waals surface area contributed by atoms with E-state index in [-0.39, 0.29) is 45.0 Å². The van der Waals surface area contributed by atoms with Crippen molar-refractivity contribution in [2.75, 3.05) is 35.7 Å². The molecule has 3 aromatic heterocycles. The number of methoxy groups -OCH3 is 1. The van der Waals surface area contributed by atoms with Crippen molar-refractivity contribution >= 4 is 74.2 Å². The Bertz CT molecular complexity index is 1970. The third-order valence-corrected chi connectivity index (χ3v) is 7.59. The average molecular weight is 646 g/mol. The summed E-state index contributed by atoms with van der Waals surface area (Å²) in [5, 5.41) is 7.39. The van der Waals surface area contributed by atoms with Gasteiger partial charge in [0.05, 0.1) is 23.3 Å². The lowest BCUT2D eigenvalue weighted by Gasteiger charge is -2.22. The Hall–Kier alpha value is -5.21. The molecule has 5 aromatic rings. The Kier molecular flexibility index (Phi) is 9.45. The number of aromatic nitrogens is 5. The average Bonchev–Trinajstić information content (AvgIpc) is 3.56. The van der Waals surface area contributed by atoms with Crippen LogP contribution in [0.5, 0.6) is 5.75 Å². The number of nitrogens with zero attached hydrogens (tertiary/aromatic N) is 7. The second-order valence-corrected chi connectivity index (χ2v) is 10.6. The number of nitrogens with one attached hydrogen (secondary N) is 2. The summed E-state index contributed by atoms with van der Waals surface area (Å²) in [5.74, 6) is -0.560. The molecule has 2 aromatic carbocycles. The van der Waals surface area contributed by atoms with Gasteiger partial charge in [0.25, 0.3) is 11.5 Å². The molecule has 0 fully saturated rings. The first-order valence-electron chi connectivity index (χ1n) is 13.8. The van der Waals surface area contributed by atoms with E-state index in [9.17, 15) is 14.4 Å². The number of hydrogen-bond acceptors (Lipinski definition) is 11. The lowest BCUT2D eigenvalue weighted by atomic mass is 10.2. The van der Waals surface area contributed by atoms with Gasteiger partial charge in [-0.15, -0.1) is 11.3 Å². The summed E-state index contributed by atoms with van der Waals surface area (Å²) in [6.07, 6.45) is 2.61. The molecule has 15 heteroatoms. The van der Waals surface area contributed by atoms with Gasteiger partial charge in [-0.2, -0.15) is 0 Å². The van der Waals surface area contributed by atoms with Gasteiger partial charge in [-0.1, -0.05) is 11.6 Å². The summed E-state index contributed by atoms with van der Waals surface area (Å²) >= 11 is 7.70. The van der Waals surface area contributed by atoms with Crippen molar-refractivity contribution in [3.63, 3.8) is 0 Å². The lowest BCUT2D eigenvalue weighted by molar-refractivity contribution is -0.114. The first kappa shape index (κ1) is 31.2.